The van der Waals surface area contributed by atoms with Crippen LogP contribution in [0.5, 0.6) is 0 Å². The van der Waals surface area contributed by atoms with Gasteiger partial charge in [0, 0.05) is 16.4 Å². The Balaban J connectivity index is 2.92. The summed E-state index contributed by atoms with van der Waals surface area (Å²) in [5.41, 5.74) is 6.40. The summed E-state index contributed by atoms with van der Waals surface area (Å²) in [4.78, 5) is 0. The van der Waals surface area contributed by atoms with Gasteiger partial charge in [0.25, 0.3) is 0 Å². The quantitative estimate of drug-likeness (QED) is 0.885. The van der Waals surface area contributed by atoms with Gasteiger partial charge in [-0.05, 0) is 24.1 Å². The monoisotopic (exact) mass is 271 g/mol. The van der Waals surface area contributed by atoms with E-state index < -0.39 is 6.10 Å². The zero-order chi connectivity index (χ0) is 11.5. The molecule has 0 aromatic heterocycles. The molecule has 15 heavy (non-hydrogen) atoms. The highest BCUT2D eigenvalue weighted by atomic mass is 79.9. The molecule has 0 bridgehead atoms. The first-order chi connectivity index (χ1) is 7.03. The second-order valence-corrected chi connectivity index (χ2v) is 5.08. The van der Waals surface area contributed by atoms with Crippen molar-refractivity contribution < 1.29 is 5.11 Å². The summed E-state index contributed by atoms with van der Waals surface area (Å²) in [6.45, 7) is 4.55. The second kappa shape index (κ2) is 5.10. The molecule has 0 amide bonds. The summed E-state index contributed by atoms with van der Waals surface area (Å²) >= 11 is 3.37. The van der Waals surface area contributed by atoms with Crippen LogP contribution >= 0.6 is 15.9 Å². The molecule has 2 unspecified atom stereocenters. The summed E-state index contributed by atoms with van der Waals surface area (Å²) < 4.78 is 1.02. The first kappa shape index (κ1) is 12.7. The smallest absolute Gasteiger partial charge is 0.0855 e. The van der Waals surface area contributed by atoms with Crippen molar-refractivity contribution in [2.24, 2.45) is 11.1 Å². The molecule has 84 valence electrons. The SMILES string of the molecule is CCC(C)(CN)C(O)c1ccc(Br)cc1. The molecule has 0 saturated carbocycles. The highest BCUT2D eigenvalue weighted by Gasteiger charge is 2.30. The Kier molecular flexibility index (Phi) is 4.32. The number of hydrogen-bond acceptors (Lipinski definition) is 2. The fourth-order valence-corrected chi connectivity index (χ4v) is 1.76. The molecule has 0 aliphatic carbocycles. The number of halogens is 1. The molecule has 0 aliphatic rings. The van der Waals surface area contributed by atoms with E-state index in [4.69, 9.17) is 5.73 Å². The number of rotatable bonds is 4. The van der Waals surface area contributed by atoms with Crippen LogP contribution in [0.4, 0.5) is 0 Å². The minimum Gasteiger partial charge on any atom is -0.388 e. The highest BCUT2D eigenvalue weighted by Crippen LogP contribution is 2.35. The molecule has 2 atom stereocenters. The van der Waals surface area contributed by atoms with Crippen LogP contribution in [0, 0.1) is 5.41 Å². The van der Waals surface area contributed by atoms with Crippen molar-refractivity contribution in [3.05, 3.63) is 34.3 Å². The summed E-state index contributed by atoms with van der Waals surface area (Å²) in [6.07, 6.45) is 0.362. The van der Waals surface area contributed by atoms with Crippen LogP contribution in [0.15, 0.2) is 28.7 Å². The van der Waals surface area contributed by atoms with E-state index in [1.807, 2.05) is 31.2 Å². The van der Waals surface area contributed by atoms with Crippen LogP contribution in [0.1, 0.15) is 31.9 Å². The van der Waals surface area contributed by atoms with Crippen molar-refractivity contribution in [2.75, 3.05) is 6.54 Å². The maximum absolute atomic E-state index is 10.2. The largest absolute Gasteiger partial charge is 0.388 e. The molecule has 0 heterocycles. The van der Waals surface area contributed by atoms with E-state index in [0.717, 1.165) is 16.5 Å². The maximum atomic E-state index is 10.2. The van der Waals surface area contributed by atoms with Crippen LogP contribution in [-0.2, 0) is 0 Å². The van der Waals surface area contributed by atoms with Gasteiger partial charge in [-0.15, -0.1) is 0 Å². The third-order valence-electron chi connectivity index (χ3n) is 3.12. The number of hydrogen-bond donors (Lipinski definition) is 2. The Morgan fingerprint density at radius 2 is 1.93 bits per heavy atom. The summed E-state index contributed by atoms with van der Waals surface area (Å²) in [5, 5.41) is 10.2. The molecule has 1 rings (SSSR count). The maximum Gasteiger partial charge on any atom is 0.0855 e. The van der Waals surface area contributed by atoms with Gasteiger partial charge in [0.15, 0.2) is 0 Å². The van der Waals surface area contributed by atoms with Crippen LogP contribution in [-0.4, -0.2) is 11.7 Å². The van der Waals surface area contributed by atoms with Gasteiger partial charge in [-0.25, -0.2) is 0 Å². The van der Waals surface area contributed by atoms with E-state index in [1.54, 1.807) is 0 Å². The van der Waals surface area contributed by atoms with Gasteiger partial charge in [-0.2, -0.15) is 0 Å². The third-order valence-corrected chi connectivity index (χ3v) is 3.65. The molecule has 0 spiro atoms. The zero-order valence-corrected chi connectivity index (χ0v) is 10.8. The average Bonchev–Trinajstić information content (AvgIpc) is 2.28. The van der Waals surface area contributed by atoms with Crippen LogP contribution in [0.2, 0.25) is 0 Å². The van der Waals surface area contributed by atoms with Crippen molar-refractivity contribution in [3.8, 4) is 0 Å². The number of aliphatic hydroxyl groups excluding tert-OH is 1. The topological polar surface area (TPSA) is 46.2 Å². The molecule has 3 N–H and O–H groups in total. The molecule has 1 aromatic rings. The van der Waals surface area contributed by atoms with Crippen molar-refractivity contribution >= 4 is 15.9 Å². The average molecular weight is 272 g/mol. The Bertz CT molecular complexity index is 306. The molecular weight excluding hydrogens is 254 g/mol. The van der Waals surface area contributed by atoms with Crippen LogP contribution in [0.25, 0.3) is 0 Å². The lowest BCUT2D eigenvalue weighted by Gasteiger charge is -2.32. The van der Waals surface area contributed by atoms with Gasteiger partial charge < -0.3 is 10.8 Å². The predicted molar refractivity (Wildman–Crippen MR) is 66.6 cm³/mol. The Hall–Kier alpha value is -0.380. The number of nitrogens with two attached hydrogens (primary N) is 1. The van der Waals surface area contributed by atoms with Gasteiger partial charge in [-0.1, -0.05) is 41.9 Å². The Labute approximate surface area is 99.6 Å². The third kappa shape index (κ3) is 2.80. The first-order valence-electron chi connectivity index (χ1n) is 5.17. The predicted octanol–water partition coefficient (Wildman–Crippen LogP) is 2.86. The molecule has 1 aromatic carbocycles. The summed E-state index contributed by atoms with van der Waals surface area (Å²) in [6, 6.07) is 7.73. The van der Waals surface area contributed by atoms with E-state index in [0.29, 0.717) is 6.54 Å². The fourth-order valence-electron chi connectivity index (χ4n) is 1.50. The summed E-state index contributed by atoms with van der Waals surface area (Å²) in [5.74, 6) is 0. The number of aliphatic hydroxyl groups is 1. The van der Waals surface area contributed by atoms with Crippen LogP contribution < -0.4 is 5.73 Å². The summed E-state index contributed by atoms with van der Waals surface area (Å²) in [7, 11) is 0. The van der Waals surface area contributed by atoms with E-state index in [2.05, 4.69) is 22.9 Å². The molecule has 0 radical (unpaired) electrons. The van der Waals surface area contributed by atoms with Crippen molar-refractivity contribution in [1.29, 1.82) is 0 Å². The first-order valence-corrected chi connectivity index (χ1v) is 5.96. The standard InChI is InChI=1S/C12H18BrNO/c1-3-12(2,8-14)11(15)9-4-6-10(13)7-5-9/h4-7,11,15H,3,8,14H2,1-2H3. The van der Waals surface area contributed by atoms with Gasteiger partial charge in [0.2, 0.25) is 0 Å². The Morgan fingerprint density at radius 3 is 2.33 bits per heavy atom. The van der Waals surface area contributed by atoms with Gasteiger partial charge in [0.05, 0.1) is 6.10 Å². The van der Waals surface area contributed by atoms with E-state index >= 15 is 0 Å². The fraction of sp³-hybridized carbons (Fsp3) is 0.500. The van der Waals surface area contributed by atoms with Crippen molar-refractivity contribution in [3.63, 3.8) is 0 Å². The second-order valence-electron chi connectivity index (χ2n) is 4.17. The number of benzene rings is 1. The lowest BCUT2D eigenvalue weighted by atomic mass is 9.78. The van der Waals surface area contributed by atoms with Gasteiger partial charge >= 0.3 is 0 Å². The lowest BCUT2D eigenvalue weighted by Crippen LogP contribution is -2.33. The molecule has 0 saturated heterocycles. The van der Waals surface area contributed by atoms with E-state index in [-0.39, 0.29) is 5.41 Å². The molecular formula is C12H18BrNO. The molecule has 2 nitrogen and oxygen atoms in total. The lowest BCUT2D eigenvalue weighted by molar-refractivity contribution is 0.0391. The van der Waals surface area contributed by atoms with Crippen molar-refractivity contribution in [2.45, 2.75) is 26.4 Å². The van der Waals surface area contributed by atoms with E-state index in [1.165, 1.54) is 0 Å². The highest BCUT2D eigenvalue weighted by molar-refractivity contribution is 9.10. The van der Waals surface area contributed by atoms with E-state index in [9.17, 15) is 5.11 Å². The Morgan fingerprint density at radius 1 is 1.40 bits per heavy atom. The molecule has 3 heteroatoms. The van der Waals surface area contributed by atoms with Crippen LogP contribution in [0.3, 0.4) is 0 Å². The van der Waals surface area contributed by atoms with Gasteiger partial charge in [0.1, 0.15) is 0 Å². The van der Waals surface area contributed by atoms with Gasteiger partial charge in [-0.3, -0.25) is 0 Å². The minimum atomic E-state index is -0.499. The molecule has 0 aliphatic heterocycles. The normalized spacial score (nSPS) is 17.1. The minimum absolute atomic E-state index is 0.242. The molecule has 0 fully saturated rings. The zero-order valence-electron chi connectivity index (χ0n) is 9.20. The van der Waals surface area contributed by atoms with Crippen molar-refractivity contribution in [1.82, 2.24) is 0 Å².